The number of ether oxygens (including phenoxy) is 1. The van der Waals surface area contributed by atoms with Gasteiger partial charge in [-0.3, -0.25) is 0 Å². The summed E-state index contributed by atoms with van der Waals surface area (Å²) in [7, 11) is 0. The van der Waals surface area contributed by atoms with Crippen LogP contribution in [0.1, 0.15) is 13.8 Å². The van der Waals surface area contributed by atoms with Crippen molar-refractivity contribution in [2.75, 3.05) is 6.61 Å². The molecule has 0 heterocycles. The highest BCUT2D eigenvalue weighted by molar-refractivity contribution is 5.09. The van der Waals surface area contributed by atoms with Crippen molar-refractivity contribution in [2.24, 2.45) is 0 Å². The summed E-state index contributed by atoms with van der Waals surface area (Å²) in [5.74, 6) is -2.88. The van der Waals surface area contributed by atoms with E-state index in [1.807, 2.05) is 0 Å². The molecule has 0 aliphatic carbocycles. The SMILES string of the molecule is C=C(/C=C(\C)O)OCC(C)(F)F. The number of alkyl halides is 2. The number of rotatable bonds is 4. The summed E-state index contributed by atoms with van der Waals surface area (Å²) in [6, 6.07) is 0. The molecule has 0 aromatic rings. The zero-order valence-electron chi connectivity index (χ0n) is 7.10. The van der Waals surface area contributed by atoms with Gasteiger partial charge in [-0.2, -0.15) is 0 Å². The Hall–Kier alpha value is -1.06. The molecular weight excluding hydrogens is 166 g/mol. The van der Waals surface area contributed by atoms with E-state index in [-0.39, 0.29) is 11.5 Å². The molecule has 0 aliphatic rings. The van der Waals surface area contributed by atoms with E-state index in [0.717, 1.165) is 6.92 Å². The third-order valence-electron chi connectivity index (χ3n) is 0.881. The predicted octanol–water partition coefficient (Wildman–Crippen LogP) is 2.63. The van der Waals surface area contributed by atoms with Crippen LogP contribution < -0.4 is 0 Å². The third-order valence-corrected chi connectivity index (χ3v) is 0.881. The molecule has 1 N–H and O–H groups in total. The lowest BCUT2D eigenvalue weighted by Gasteiger charge is -2.11. The van der Waals surface area contributed by atoms with Crippen molar-refractivity contribution in [2.45, 2.75) is 19.8 Å². The van der Waals surface area contributed by atoms with Crippen molar-refractivity contribution in [3.8, 4) is 0 Å². The number of aliphatic hydroxyl groups excluding tert-OH is 1. The summed E-state index contributed by atoms with van der Waals surface area (Å²) in [6.07, 6.45) is 1.17. The maximum Gasteiger partial charge on any atom is 0.278 e. The standard InChI is InChI=1S/C8H12F2O2/c1-6(11)4-7(2)12-5-8(3,9)10/h4,11H,2,5H2,1,3H3/b6-4+. The minimum Gasteiger partial charge on any atom is -0.512 e. The van der Waals surface area contributed by atoms with Gasteiger partial charge >= 0.3 is 0 Å². The first-order chi connectivity index (χ1) is 5.31. The van der Waals surface area contributed by atoms with Gasteiger partial charge in [0, 0.05) is 13.0 Å². The van der Waals surface area contributed by atoms with Crippen molar-refractivity contribution < 1.29 is 18.6 Å². The smallest absolute Gasteiger partial charge is 0.278 e. The monoisotopic (exact) mass is 178 g/mol. The second-order valence-electron chi connectivity index (χ2n) is 2.61. The largest absolute Gasteiger partial charge is 0.512 e. The Morgan fingerprint density at radius 2 is 2.17 bits per heavy atom. The number of halogens is 2. The van der Waals surface area contributed by atoms with E-state index in [0.29, 0.717) is 0 Å². The van der Waals surface area contributed by atoms with Crippen molar-refractivity contribution in [1.29, 1.82) is 0 Å². The summed E-state index contributed by atoms with van der Waals surface area (Å²) in [5.41, 5.74) is 0. The Kier molecular flexibility index (Phi) is 3.73. The Balaban J connectivity index is 3.81. The second-order valence-corrected chi connectivity index (χ2v) is 2.61. The first kappa shape index (κ1) is 10.9. The van der Waals surface area contributed by atoms with E-state index in [4.69, 9.17) is 5.11 Å². The number of allylic oxidation sites excluding steroid dienone is 2. The van der Waals surface area contributed by atoms with Gasteiger partial charge in [0.05, 0.1) is 5.76 Å². The minimum absolute atomic E-state index is 0.0246. The van der Waals surface area contributed by atoms with Gasteiger partial charge in [-0.1, -0.05) is 6.58 Å². The molecule has 0 saturated heterocycles. The average molecular weight is 178 g/mol. The Labute approximate surface area is 70.2 Å². The molecule has 2 nitrogen and oxygen atoms in total. The highest BCUT2D eigenvalue weighted by Crippen LogP contribution is 2.13. The van der Waals surface area contributed by atoms with E-state index < -0.39 is 12.5 Å². The highest BCUT2D eigenvalue weighted by atomic mass is 19.3. The van der Waals surface area contributed by atoms with Crippen molar-refractivity contribution in [3.05, 3.63) is 24.2 Å². The summed E-state index contributed by atoms with van der Waals surface area (Å²) in [5, 5.41) is 8.68. The Bertz CT molecular complexity index is 188. The molecule has 0 aromatic heterocycles. The molecule has 0 unspecified atom stereocenters. The number of hydrogen-bond donors (Lipinski definition) is 1. The summed E-state index contributed by atoms with van der Waals surface area (Å²) < 4.78 is 28.9. The van der Waals surface area contributed by atoms with Crippen LogP contribution in [0.3, 0.4) is 0 Å². The molecule has 0 spiro atoms. The highest BCUT2D eigenvalue weighted by Gasteiger charge is 2.21. The van der Waals surface area contributed by atoms with Crippen LogP contribution in [0, 0.1) is 0 Å². The third kappa shape index (κ3) is 7.05. The van der Waals surface area contributed by atoms with E-state index >= 15 is 0 Å². The zero-order chi connectivity index (χ0) is 9.78. The van der Waals surface area contributed by atoms with E-state index in [1.165, 1.54) is 13.0 Å². The van der Waals surface area contributed by atoms with Crippen LogP contribution in [0.4, 0.5) is 8.78 Å². The molecule has 0 amide bonds. The van der Waals surface area contributed by atoms with E-state index in [1.54, 1.807) is 0 Å². The van der Waals surface area contributed by atoms with Gasteiger partial charge in [0.1, 0.15) is 5.76 Å². The molecule has 0 atom stereocenters. The van der Waals surface area contributed by atoms with E-state index in [9.17, 15) is 8.78 Å². The molecule has 0 aromatic carbocycles. The molecule has 0 radical (unpaired) electrons. The van der Waals surface area contributed by atoms with Crippen LogP contribution in [0.2, 0.25) is 0 Å². The van der Waals surface area contributed by atoms with Gasteiger partial charge in [0.2, 0.25) is 0 Å². The lowest BCUT2D eigenvalue weighted by Crippen LogP contribution is -2.17. The van der Waals surface area contributed by atoms with E-state index in [2.05, 4.69) is 11.3 Å². The van der Waals surface area contributed by atoms with Crippen LogP contribution in [-0.4, -0.2) is 17.6 Å². The zero-order valence-corrected chi connectivity index (χ0v) is 7.10. The molecule has 70 valence electrons. The quantitative estimate of drug-likeness (QED) is 0.529. The Morgan fingerprint density at radius 1 is 1.67 bits per heavy atom. The van der Waals surface area contributed by atoms with Gasteiger partial charge in [-0.25, -0.2) is 8.78 Å². The minimum atomic E-state index is -2.87. The van der Waals surface area contributed by atoms with Gasteiger partial charge in [-0.05, 0) is 6.92 Å². The fourth-order valence-electron chi connectivity index (χ4n) is 0.494. The molecule has 0 saturated carbocycles. The fourth-order valence-corrected chi connectivity index (χ4v) is 0.494. The average Bonchev–Trinajstić information content (AvgIpc) is 1.80. The Morgan fingerprint density at radius 3 is 2.50 bits per heavy atom. The molecule has 0 bridgehead atoms. The molecule has 0 aliphatic heterocycles. The summed E-state index contributed by atoms with van der Waals surface area (Å²) in [6.45, 7) is 4.73. The maximum atomic E-state index is 12.2. The van der Waals surface area contributed by atoms with Crippen LogP contribution >= 0.6 is 0 Å². The van der Waals surface area contributed by atoms with Gasteiger partial charge in [0.15, 0.2) is 6.61 Å². The molecule has 4 heteroatoms. The first-order valence-electron chi connectivity index (χ1n) is 3.38. The van der Waals surface area contributed by atoms with Gasteiger partial charge in [-0.15, -0.1) is 0 Å². The van der Waals surface area contributed by atoms with Crippen LogP contribution in [0.5, 0.6) is 0 Å². The van der Waals surface area contributed by atoms with Crippen LogP contribution in [0.25, 0.3) is 0 Å². The maximum absolute atomic E-state index is 12.2. The second kappa shape index (κ2) is 4.09. The molecular formula is C8H12F2O2. The van der Waals surface area contributed by atoms with Gasteiger partial charge in [0.25, 0.3) is 5.92 Å². The van der Waals surface area contributed by atoms with Crippen molar-refractivity contribution in [1.82, 2.24) is 0 Å². The molecule has 0 fully saturated rings. The van der Waals surface area contributed by atoms with Crippen LogP contribution in [0.15, 0.2) is 24.2 Å². The number of hydrogen-bond acceptors (Lipinski definition) is 2. The van der Waals surface area contributed by atoms with Crippen molar-refractivity contribution in [3.63, 3.8) is 0 Å². The first-order valence-corrected chi connectivity index (χ1v) is 3.38. The fraction of sp³-hybridized carbons (Fsp3) is 0.500. The normalized spacial score (nSPS) is 12.8. The van der Waals surface area contributed by atoms with Crippen molar-refractivity contribution >= 4 is 0 Å². The number of aliphatic hydroxyl groups is 1. The molecule has 12 heavy (non-hydrogen) atoms. The van der Waals surface area contributed by atoms with Crippen LogP contribution in [-0.2, 0) is 4.74 Å². The molecule has 0 rings (SSSR count). The van der Waals surface area contributed by atoms with Gasteiger partial charge < -0.3 is 9.84 Å². The summed E-state index contributed by atoms with van der Waals surface area (Å²) in [4.78, 5) is 0. The lowest BCUT2D eigenvalue weighted by molar-refractivity contribution is -0.0415. The summed E-state index contributed by atoms with van der Waals surface area (Å²) >= 11 is 0. The lowest BCUT2D eigenvalue weighted by atomic mass is 10.4. The topological polar surface area (TPSA) is 29.5 Å². The predicted molar refractivity (Wildman–Crippen MR) is 42.1 cm³/mol.